The van der Waals surface area contributed by atoms with Crippen molar-refractivity contribution in [3.8, 4) is 11.4 Å². The molecule has 0 spiro atoms. The van der Waals surface area contributed by atoms with E-state index >= 15 is 0 Å². The average Bonchev–Trinajstić information content (AvgIpc) is 2.93. The van der Waals surface area contributed by atoms with Crippen LogP contribution >= 0.6 is 15.9 Å². The Balaban J connectivity index is 1.93. The van der Waals surface area contributed by atoms with Gasteiger partial charge in [-0.15, -0.1) is 0 Å². The summed E-state index contributed by atoms with van der Waals surface area (Å²) in [7, 11) is 0. The van der Waals surface area contributed by atoms with Gasteiger partial charge in [0.05, 0.1) is 6.54 Å². The first-order valence-electron chi connectivity index (χ1n) is 8.96. The first-order chi connectivity index (χ1) is 13.0. The molecule has 140 valence electrons. The van der Waals surface area contributed by atoms with Gasteiger partial charge >= 0.3 is 5.69 Å². The number of hydrogen-bond acceptors (Lipinski definition) is 5. The topological polar surface area (TPSA) is 82.9 Å². The molecule has 0 amide bonds. The quantitative estimate of drug-likeness (QED) is 0.637. The van der Waals surface area contributed by atoms with Crippen molar-refractivity contribution in [3.05, 3.63) is 66.7 Å². The third-order valence-electron chi connectivity index (χ3n) is 4.84. The van der Waals surface area contributed by atoms with Crippen LogP contribution in [0.4, 0.5) is 0 Å². The second-order valence-corrected chi connectivity index (χ2v) is 7.64. The van der Waals surface area contributed by atoms with Crippen molar-refractivity contribution >= 4 is 15.9 Å². The maximum absolute atomic E-state index is 13.3. The monoisotopic (exact) mass is 430 g/mol. The third kappa shape index (κ3) is 3.41. The summed E-state index contributed by atoms with van der Waals surface area (Å²) >= 11 is 3.40. The first kappa shape index (κ1) is 17.9. The van der Waals surface area contributed by atoms with Gasteiger partial charge < -0.3 is 4.52 Å². The molecule has 1 aromatic carbocycles. The van der Waals surface area contributed by atoms with Crippen LogP contribution in [0.15, 0.2) is 42.9 Å². The molecule has 27 heavy (non-hydrogen) atoms. The Labute approximate surface area is 163 Å². The van der Waals surface area contributed by atoms with Gasteiger partial charge in [0.25, 0.3) is 5.56 Å². The van der Waals surface area contributed by atoms with Crippen molar-refractivity contribution < 1.29 is 4.52 Å². The molecule has 0 saturated heterocycles. The van der Waals surface area contributed by atoms with Crippen LogP contribution in [0.2, 0.25) is 0 Å². The van der Waals surface area contributed by atoms with Crippen LogP contribution in [-0.4, -0.2) is 19.3 Å². The molecular weight excluding hydrogens is 412 g/mol. The second kappa shape index (κ2) is 7.26. The van der Waals surface area contributed by atoms with Crippen molar-refractivity contribution in [1.82, 2.24) is 19.3 Å². The molecule has 0 saturated carbocycles. The van der Waals surface area contributed by atoms with Crippen LogP contribution in [-0.2, 0) is 19.5 Å². The predicted molar refractivity (Wildman–Crippen MR) is 104 cm³/mol. The van der Waals surface area contributed by atoms with E-state index in [2.05, 4.69) is 26.1 Å². The Morgan fingerprint density at radius 1 is 1.15 bits per heavy atom. The lowest BCUT2D eigenvalue weighted by atomic mass is 10.1. The SMILES string of the molecule is Cc1nc(-c2c3n(c(=O)n(Cc4ccc(Br)cc4)c2=O)CCCCC3)no1. The minimum Gasteiger partial charge on any atom is -0.339 e. The van der Waals surface area contributed by atoms with Gasteiger partial charge in [-0.3, -0.25) is 13.9 Å². The van der Waals surface area contributed by atoms with E-state index in [1.165, 1.54) is 4.57 Å². The lowest BCUT2D eigenvalue weighted by Gasteiger charge is -2.16. The summed E-state index contributed by atoms with van der Waals surface area (Å²) in [6.45, 7) is 2.48. The molecule has 2 aromatic heterocycles. The van der Waals surface area contributed by atoms with Gasteiger partial charge in [0, 0.05) is 23.6 Å². The number of fused-ring (bicyclic) bond motifs is 1. The van der Waals surface area contributed by atoms with Gasteiger partial charge in [-0.2, -0.15) is 4.98 Å². The normalized spacial score (nSPS) is 14.0. The molecule has 4 rings (SSSR count). The highest BCUT2D eigenvalue weighted by molar-refractivity contribution is 9.10. The van der Waals surface area contributed by atoms with Gasteiger partial charge in [0.2, 0.25) is 11.7 Å². The molecule has 1 aliphatic rings. The molecule has 0 unspecified atom stereocenters. The van der Waals surface area contributed by atoms with Crippen LogP contribution in [0, 0.1) is 6.92 Å². The van der Waals surface area contributed by atoms with Crippen molar-refractivity contribution in [1.29, 1.82) is 0 Å². The summed E-state index contributed by atoms with van der Waals surface area (Å²) in [4.78, 5) is 30.6. The van der Waals surface area contributed by atoms with Crippen molar-refractivity contribution in [2.45, 2.75) is 45.7 Å². The third-order valence-corrected chi connectivity index (χ3v) is 5.36. The Morgan fingerprint density at radius 3 is 2.63 bits per heavy atom. The zero-order chi connectivity index (χ0) is 19.0. The zero-order valence-electron chi connectivity index (χ0n) is 14.9. The highest BCUT2D eigenvalue weighted by atomic mass is 79.9. The summed E-state index contributed by atoms with van der Waals surface area (Å²) in [5.74, 6) is 0.648. The smallest absolute Gasteiger partial charge is 0.331 e. The van der Waals surface area contributed by atoms with Crippen LogP contribution < -0.4 is 11.2 Å². The Bertz CT molecular complexity index is 1100. The summed E-state index contributed by atoms with van der Waals surface area (Å²) in [6, 6.07) is 7.57. The average molecular weight is 431 g/mol. The zero-order valence-corrected chi connectivity index (χ0v) is 16.5. The Kier molecular flexibility index (Phi) is 4.82. The molecule has 3 aromatic rings. The Hall–Kier alpha value is -2.48. The second-order valence-electron chi connectivity index (χ2n) is 6.72. The highest BCUT2D eigenvalue weighted by Gasteiger charge is 2.24. The lowest BCUT2D eigenvalue weighted by Crippen LogP contribution is -2.42. The first-order valence-corrected chi connectivity index (χ1v) is 9.75. The van der Waals surface area contributed by atoms with Gasteiger partial charge in [-0.25, -0.2) is 4.79 Å². The summed E-state index contributed by atoms with van der Waals surface area (Å²) in [5.41, 5.74) is 1.34. The van der Waals surface area contributed by atoms with Crippen LogP contribution in [0.1, 0.15) is 36.4 Å². The van der Waals surface area contributed by atoms with Crippen LogP contribution in [0.5, 0.6) is 0 Å². The van der Waals surface area contributed by atoms with Gasteiger partial charge in [-0.1, -0.05) is 39.6 Å². The molecule has 0 fully saturated rings. The number of rotatable bonds is 3. The fraction of sp³-hybridized carbons (Fsp3) is 0.368. The Morgan fingerprint density at radius 2 is 1.93 bits per heavy atom. The molecule has 1 aliphatic heterocycles. The van der Waals surface area contributed by atoms with Crippen molar-refractivity contribution in [2.75, 3.05) is 0 Å². The number of nitrogens with zero attached hydrogens (tertiary/aromatic N) is 4. The van der Waals surface area contributed by atoms with Crippen LogP contribution in [0.25, 0.3) is 11.4 Å². The summed E-state index contributed by atoms with van der Waals surface area (Å²) in [5, 5.41) is 3.95. The van der Waals surface area contributed by atoms with E-state index in [1.807, 2.05) is 24.3 Å². The number of benzene rings is 1. The number of aryl methyl sites for hydroxylation is 1. The molecule has 0 N–H and O–H groups in total. The molecule has 7 nitrogen and oxygen atoms in total. The van der Waals surface area contributed by atoms with E-state index in [0.717, 1.165) is 35.0 Å². The maximum Gasteiger partial charge on any atom is 0.331 e. The fourth-order valence-electron chi connectivity index (χ4n) is 3.51. The molecule has 0 radical (unpaired) electrons. The summed E-state index contributed by atoms with van der Waals surface area (Å²) in [6.07, 6.45) is 3.52. The molecule has 3 heterocycles. The highest BCUT2D eigenvalue weighted by Crippen LogP contribution is 2.21. The lowest BCUT2D eigenvalue weighted by molar-refractivity contribution is 0.394. The molecule has 0 bridgehead atoms. The molecule has 8 heteroatoms. The minimum atomic E-state index is -0.364. The number of hydrogen-bond donors (Lipinski definition) is 0. The van der Waals surface area contributed by atoms with Crippen molar-refractivity contribution in [3.63, 3.8) is 0 Å². The van der Waals surface area contributed by atoms with E-state index in [4.69, 9.17) is 4.52 Å². The van der Waals surface area contributed by atoms with Gasteiger partial charge in [0.1, 0.15) is 5.56 Å². The number of halogens is 1. The number of aromatic nitrogens is 4. The largest absolute Gasteiger partial charge is 0.339 e. The van der Waals surface area contributed by atoms with E-state index in [-0.39, 0.29) is 23.6 Å². The van der Waals surface area contributed by atoms with E-state index in [0.29, 0.717) is 24.4 Å². The van der Waals surface area contributed by atoms with Crippen LogP contribution in [0.3, 0.4) is 0 Å². The van der Waals surface area contributed by atoms with E-state index < -0.39 is 0 Å². The minimum absolute atomic E-state index is 0.203. The predicted octanol–water partition coefficient (Wildman–Crippen LogP) is 2.91. The molecule has 0 aliphatic carbocycles. The maximum atomic E-state index is 13.3. The fourth-order valence-corrected chi connectivity index (χ4v) is 3.77. The molecular formula is C19H19BrN4O3. The van der Waals surface area contributed by atoms with Gasteiger partial charge in [-0.05, 0) is 37.0 Å². The van der Waals surface area contributed by atoms with Gasteiger partial charge in [0.15, 0.2) is 0 Å². The summed E-state index contributed by atoms with van der Waals surface area (Å²) < 4.78 is 9.03. The van der Waals surface area contributed by atoms with Crippen molar-refractivity contribution in [2.24, 2.45) is 0 Å². The standard InChI is InChI=1S/C19H19BrN4O3/c1-12-21-17(22-27-12)16-15-5-3-2-4-10-23(15)19(26)24(18(16)25)11-13-6-8-14(20)9-7-13/h6-9H,2-5,10-11H2,1H3. The molecule has 0 atom stereocenters. The van der Waals surface area contributed by atoms with E-state index in [9.17, 15) is 9.59 Å². The van der Waals surface area contributed by atoms with E-state index in [1.54, 1.807) is 11.5 Å².